The van der Waals surface area contributed by atoms with Crippen LogP contribution in [-0.4, -0.2) is 125 Å². The predicted octanol–water partition coefficient (Wildman–Crippen LogP) is 11.9. The minimum atomic E-state index is -4.48. The molecule has 0 aliphatic heterocycles. The van der Waals surface area contributed by atoms with Gasteiger partial charge in [-0.1, -0.05) is 108 Å². The molecule has 0 spiro atoms. The van der Waals surface area contributed by atoms with Gasteiger partial charge in [-0.25, -0.2) is 0 Å². The predicted molar refractivity (Wildman–Crippen MR) is 438 cm³/mol. The van der Waals surface area contributed by atoms with Crippen molar-refractivity contribution in [3.8, 4) is 22.3 Å². The summed E-state index contributed by atoms with van der Waals surface area (Å²) in [6, 6.07) is 41.1. The Labute approximate surface area is 665 Å². The van der Waals surface area contributed by atoms with E-state index in [-0.39, 0.29) is 89.2 Å². The van der Waals surface area contributed by atoms with Crippen molar-refractivity contribution in [2.45, 2.75) is 180 Å². The minimum absolute atomic E-state index is 0.00613. The number of nitrogens with two attached hydrogens (primary N) is 10. The Kier molecular flexibility index (Phi) is 42.0. The third-order valence-corrected chi connectivity index (χ3v) is 17.6. The highest BCUT2D eigenvalue weighted by Gasteiger charge is 2.34. The lowest BCUT2D eigenvalue weighted by atomic mass is 9.79. The summed E-state index contributed by atoms with van der Waals surface area (Å²) < 4.78 is 114. The van der Waals surface area contributed by atoms with Gasteiger partial charge in [0.05, 0.1) is 16.7 Å². The van der Waals surface area contributed by atoms with Crippen molar-refractivity contribution in [1.29, 1.82) is 0 Å². The first-order chi connectivity index (χ1) is 53.3. The van der Waals surface area contributed by atoms with E-state index in [1.54, 1.807) is 0 Å². The van der Waals surface area contributed by atoms with Gasteiger partial charge >= 0.3 is 18.5 Å². The molecule has 20 nitrogen and oxygen atoms in total. The second kappa shape index (κ2) is 48.3. The standard InChI is InChI=1S/C24H27N3O.C20H35N3O.2C14H20F3N3O.C13H18F3N3O/c25-13-7-12-23(26)17-27-24(28)22-15-20(18-8-3-1-4-9-18)14-21(16-22)19-10-5-2-6-11-19;1-19(2,3)15-10-14(11-16(12-15)20(4,5)6)18(24)23-13-17(22)8-7-9-21;2*1-9-5-10(7-11(6-9)14(15,16)17)13(21)20-8-12(19)3-2-4-18;1-8-4-9(6-10(5-8)13(14,15)16)12(20)19-7-11(18)2-3-17/h1-6,8-11,14-16,23H,7,12-13,17,25-26H2,(H,27,28);10-12,17H,7-9,13,21-22H2,1-6H3,(H,23,24);2*5-7,12H,2-4,8,18-19H2,1H3,(H,20,21);4-6,11H,2-3,7,17-18H2,1H3,(H,19,20)/t23-;17-;2*12-;11-/m00100/s1. The Hall–Kier alpha value is -9.14. The van der Waals surface area contributed by atoms with Gasteiger partial charge < -0.3 is 83.9 Å². The van der Waals surface area contributed by atoms with Crippen LogP contribution in [0.15, 0.2) is 152 Å². The zero-order valence-electron chi connectivity index (χ0n) is 67.0. The third-order valence-electron chi connectivity index (χ3n) is 17.6. The zero-order chi connectivity index (χ0) is 85.7. The first kappa shape index (κ1) is 99.1. The molecule has 7 aromatic carbocycles. The van der Waals surface area contributed by atoms with Crippen LogP contribution in [0.3, 0.4) is 0 Å². The normalized spacial score (nSPS) is 12.9. The molecule has 0 bridgehead atoms. The molecule has 0 heterocycles. The smallest absolute Gasteiger partial charge is 0.350 e. The fourth-order valence-corrected chi connectivity index (χ4v) is 11.1. The Morgan fingerprint density at radius 2 is 0.518 bits per heavy atom. The van der Waals surface area contributed by atoms with E-state index in [0.717, 1.165) is 97.2 Å². The van der Waals surface area contributed by atoms with Gasteiger partial charge in [0.25, 0.3) is 29.5 Å². The number of hydrogen-bond donors (Lipinski definition) is 15. The number of halogens is 9. The van der Waals surface area contributed by atoms with E-state index in [1.807, 2.05) is 60.7 Å². The largest absolute Gasteiger partial charge is 0.416 e. The van der Waals surface area contributed by atoms with Crippen LogP contribution in [0.4, 0.5) is 39.5 Å². The van der Waals surface area contributed by atoms with Gasteiger partial charge in [-0.05, 0) is 257 Å². The van der Waals surface area contributed by atoms with Crippen molar-refractivity contribution in [3.05, 3.63) is 224 Å². The molecule has 25 N–H and O–H groups in total. The molecule has 0 saturated carbocycles. The van der Waals surface area contributed by atoms with Gasteiger partial charge in [0.1, 0.15) is 0 Å². The van der Waals surface area contributed by atoms with Crippen molar-refractivity contribution in [1.82, 2.24) is 26.6 Å². The van der Waals surface area contributed by atoms with Crippen LogP contribution >= 0.6 is 0 Å². The lowest BCUT2D eigenvalue weighted by Gasteiger charge is -2.26. The first-order valence-corrected chi connectivity index (χ1v) is 38.0. The second-order valence-electron chi connectivity index (χ2n) is 30.2. The van der Waals surface area contributed by atoms with Gasteiger partial charge in [0, 0.05) is 90.8 Å². The fraction of sp³-hybridized carbons (Fsp3) is 0.447. The van der Waals surface area contributed by atoms with Crippen molar-refractivity contribution in [2.24, 2.45) is 57.3 Å². The van der Waals surface area contributed by atoms with Crippen molar-refractivity contribution >= 4 is 29.5 Å². The summed E-state index contributed by atoms with van der Waals surface area (Å²) in [6.07, 6.45) is -6.75. The topological polar surface area (TPSA) is 406 Å². The van der Waals surface area contributed by atoms with E-state index in [9.17, 15) is 63.5 Å². The van der Waals surface area contributed by atoms with Crippen LogP contribution < -0.4 is 83.9 Å². The number of hydrogen-bond acceptors (Lipinski definition) is 15. The minimum Gasteiger partial charge on any atom is -0.350 e. The second-order valence-corrected chi connectivity index (χ2v) is 30.2. The van der Waals surface area contributed by atoms with E-state index in [1.165, 1.54) is 50.1 Å². The highest BCUT2D eigenvalue weighted by Crippen LogP contribution is 2.35. The number of benzene rings is 7. The highest BCUT2D eigenvalue weighted by atomic mass is 19.4. The van der Waals surface area contributed by atoms with E-state index in [4.69, 9.17) is 57.3 Å². The van der Waals surface area contributed by atoms with Gasteiger partial charge in [0.15, 0.2) is 0 Å². The van der Waals surface area contributed by atoms with Crippen LogP contribution in [0.2, 0.25) is 0 Å². The molecule has 5 amide bonds. The number of carbonyl (C=O) groups is 5. The molecule has 0 aromatic heterocycles. The lowest BCUT2D eigenvalue weighted by molar-refractivity contribution is -0.138. The molecular weight excluding hydrogens is 1480 g/mol. The molecule has 7 aromatic rings. The van der Waals surface area contributed by atoms with E-state index < -0.39 is 52.9 Å². The summed E-state index contributed by atoms with van der Waals surface area (Å²) in [6.45, 7) is 21.7. The number of amides is 5. The van der Waals surface area contributed by atoms with E-state index in [2.05, 4.69) is 105 Å². The highest BCUT2D eigenvalue weighted by molar-refractivity contribution is 5.98. The van der Waals surface area contributed by atoms with Crippen molar-refractivity contribution < 1.29 is 63.5 Å². The zero-order valence-corrected chi connectivity index (χ0v) is 67.0. The summed E-state index contributed by atoms with van der Waals surface area (Å²) in [7, 11) is 0. The molecule has 29 heteroatoms. The Morgan fingerprint density at radius 3 is 0.746 bits per heavy atom. The van der Waals surface area contributed by atoms with Gasteiger partial charge in [-0.2, -0.15) is 39.5 Å². The number of alkyl halides is 9. The summed E-state index contributed by atoms with van der Waals surface area (Å²) >= 11 is 0. The van der Waals surface area contributed by atoms with Crippen LogP contribution in [0.25, 0.3) is 22.3 Å². The van der Waals surface area contributed by atoms with Crippen LogP contribution in [0, 0.1) is 20.8 Å². The number of nitrogens with one attached hydrogen (secondary N) is 5. The molecule has 0 saturated heterocycles. The van der Waals surface area contributed by atoms with E-state index in [0.29, 0.717) is 92.9 Å². The Morgan fingerprint density at radius 1 is 0.289 bits per heavy atom. The quantitative estimate of drug-likeness (QED) is 0.0180. The molecule has 5 atom stereocenters. The molecule has 0 aliphatic carbocycles. The van der Waals surface area contributed by atoms with Crippen molar-refractivity contribution in [3.63, 3.8) is 0 Å². The summed E-state index contributed by atoms with van der Waals surface area (Å²) in [5.41, 5.74) is 62.7. The SMILES string of the molecule is CC(C)(C)c1cc(C(=O)NC[C@@H](N)CCCN)cc(C(C)(C)C)c1.Cc1cc(C(=O)NC[C@@H](N)CCCN)cc(C(F)(F)F)c1.Cc1cc(C(=O)NC[C@@H](N)CCN)cc(C(F)(F)F)c1.Cc1cc(C(=O)NC[C@H](N)CCCN)cc(C(F)(F)F)c1.NCCC[C@H](N)CNC(=O)c1cc(-c2ccccc2)cc(-c2ccccc2)c1. The molecule has 114 heavy (non-hydrogen) atoms. The van der Waals surface area contributed by atoms with Crippen LogP contribution in [0.5, 0.6) is 0 Å². The average Bonchev–Trinajstić information content (AvgIpc) is 0.761. The van der Waals surface area contributed by atoms with Crippen LogP contribution in [0.1, 0.15) is 196 Å². The lowest BCUT2D eigenvalue weighted by Crippen LogP contribution is -2.38. The van der Waals surface area contributed by atoms with Crippen molar-refractivity contribution in [2.75, 3.05) is 65.4 Å². The number of carbonyl (C=O) groups excluding carboxylic acids is 5. The maximum absolute atomic E-state index is 12.8. The van der Waals surface area contributed by atoms with E-state index >= 15 is 0 Å². The third kappa shape index (κ3) is 37.4. The summed E-state index contributed by atoms with van der Waals surface area (Å²) in [5, 5.41) is 13.5. The maximum atomic E-state index is 12.8. The Balaban J connectivity index is 0.000000371. The van der Waals surface area contributed by atoms with Gasteiger partial charge in [0.2, 0.25) is 0 Å². The molecule has 0 aliphatic rings. The monoisotopic (exact) mass is 1600 g/mol. The molecular formula is C85H120F9N15O5. The molecule has 0 unspecified atom stereocenters. The molecule has 0 fully saturated rings. The number of aryl methyl sites for hydroxylation is 3. The summed E-state index contributed by atoms with van der Waals surface area (Å²) in [4.78, 5) is 61.0. The van der Waals surface area contributed by atoms with Gasteiger partial charge in [-0.15, -0.1) is 0 Å². The van der Waals surface area contributed by atoms with Gasteiger partial charge in [-0.3, -0.25) is 24.0 Å². The Bertz CT molecular complexity index is 3920. The fourth-order valence-electron chi connectivity index (χ4n) is 11.1. The summed E-state index contributed by atoms with van der Waals surface area (Å²) in [5.74, 6) is -1.88. The number of rotatable bonds is 31. The first-order valence-electron chi connectivity index (χ1n) is 38.0. The molecule has 628 valence electrons. The van der Waals surface area contributed by atoms with Crippen LogP contribution in [-0.2, 0) is 29.4 Å². The molecule has 0 radical (unpaired) electrons. The average molecular weight is 1600 g/mol. The molecule has 7 rings (SSSR count). The maximum Gasteiger partial charge on any atom is 0.416 e.